The Morgan fingerprint density at radius 3 is 1.76 bits per heavy atom. The van der Waals surface area contributed by atoms with Crippen LogP contribution in [0.1, 0.15) is 24.0 Å². The second kappa shape index (κ2) is 17.4. The van der Waals surface area contributed by atoms with Crippen molar-refractivity contribution in [3.8, 4) is 0 Å². The van der Waals surface area contributed by atoms with Crippen LogP contribution < -0.4 is 0 Å². The second-order valence-corrected chi connectivity index (χ2v) is 8.93. The highest BCUT2D eigenvalue weighted by Crippen LogP contribution is 2.33. The molecular weight excluding hydrogens is 641 g/mol. The molecule has 3 N–H and O–H groups in total. The number of alkyl halides is 9. The average molecular weight is 667 g/mol. The Kier molecular flexibility index (Phi) is 15.1. The summed E-state index contributed by atoms with van der Waals surface area (Å²) in [6.45, 7) is 3.25. The van der Waals surface area contributed by atoms with Crippen LogP contribution in [0.15, 0.2) is 49.1 Å². The number of carbonyl (C=O) groups is 3. The third-order valence-corrected chi connectivity index (χ3v) is 5.70. The van der Waals surface area contributed by atoms with Crippen molar-refractivity contribution in [2.24, 2.45) is 0 Å². The number of nitrogens with zero attached hydrogens (tertiary/aromatic N) is 3. The lowest BCUT2D eigenvalue weighted by molar-refractivity contribution is -0.193. The van der Waals surface area contributed by atoms with Crippen LogP contribution in [-0.4, -0.2) is 98.0 Å². The molecule has 1 aliphatic heterocycles. The van der Waals surface area contributed by atoms with Gasteiger partial charge in [-0.15, -0.1) is 0 Å². The maximum atomic E-state index is 10.6. The lowest BCUT2D eigenvalue weighted by Gasteiger charge is -2.31. The normalized spacial score (nSPS) is 19.7. The van der Waals surface area contributed by atoms with Gasteiger partial charge in [-0.1, -0.05) is 6.07 Å². The first-order valence-corrected chi connectivity index (χ1v) is 12.4. The van der Waals surface area contributed by atoms with E-state index in [1.54, 1.807) is 0 Å². The van der Waals surface area contributed by atoms with Crippen LogP contribution in [0.3, 0.4) is 0 Å². The van der Waals surface area contributed by atoms with E-state index in [1.807, 2.05) is 43.0 Å². The molecule has 2 aromatic heterocycles. The minimum absolute atomic E-state index is 0.136. The molecule has 11 nitrogen and oxygen atoms in total. The average Bonchev–Trinajstić information content (AvgIpc) is 3.26. The lowest BCUT2D eigenvalue weighted by atomic mass is 10.1. The van der Waals surface area contributed by atoms with Crippen molar-refractivity contribution >= 4 is 17.9 Å². The quantitative estimate of drug-likeness (QED) is 0.390. The Bertz CT molecular complexity index is 1140. The fraction of sp³-hybridized carbons (Fsp3) is 0.480. The summed E-state index contributed by atoms with van der Waals surface area (Å²) in [7, 11) is 0. The summed E-state index contributed by atoms with van der Waals surface area (Å²) in [5.74, 6) is -8.27. The third kappa shape index (κ3) is 15.0. The smallest absolute Gasteiger partial charge is 0.475 e. The van der Waals surface area contributed by atoms with Crippen molar-refractivity contribution in [1.29, 1.82) is 0 Å². The Hall–Kier alpha value is -4.04. The van der Waals surface area contributed by atoms with Crippen LogP contribution in [0.2, 0.25) is 0 Å². The monoisotopic (exact) mass is 667 g/mol. The zero-order valence-corrected chi connectivity index (χ0v) is 22.7. The summed E-state index contributed by atoms with van der Waals surface area (Å²) in [6.07, 6.45) is -5.29. The van der Waals surface area contributed by atoms with E-state index in [4.69, 9.17) is 39.2 Å². The van der Waals surface area contributed by atoms with Gasteiger partial charge in [0.1, 0.15) is 0 Å². The molecule has 45 heavy (non-hydrogen) atoms. The molecule has 0 radical (unpaired) electrons. The van der Waals surface area contributed by atoms with Crippen LogP contribution in [0.4, 0.5) is 39.5 Å². The maximum Gasteiger partial charge on any atom is 0.490 e. The Labute approximate surface area is 248 Å². The van der Waals surface area contributed by atoms with Crippen molar-refractivity contribution in [3.63, 3.8) is 0 Å². The molecule has 0 spiro atoms. The highest BCUT2D eigenvalue weighted by molar-refractivity contribution is 5.73. The maximum absolute atomic E-state index is 10.6. The molecule has 2 aliphatic rings. The van der Waals surface area contributed by atoms with Gasteiger partial charge in [0.05, 0.1) is 25.4 Å². The first-order valence-electron chi connectivity index (χ1n) is 12.4. The van der Waals surface area contributed by atoms with Gasteiger partial charge >= 0.3 is 36.4 Å². The second-order valence-electron chi connectivity index (χ2n) is 8.93. The van der Waals surface area contributed by atoms with Gasteiger partial charge in [-0.25, -0.2) is 14.4 Å². The molecule has 20 heteroatoms. The third-order valence-electron chi connectivity index (χ3n) is 5.70. The Morgan fingerprint density at radius 2 is 1.31 bits per heavy atom. The molecule has 3 heterocycles. The minimum atomic E-state index is -5.08. The zero-order valence-electron chi connectivity index (χ0n) is 22.7. The Morgan fingerprint density at radius 1 is 0.800 bits per heavy atom. The number of rotatable bonds is 5. The molecular formula is C25H26F9N3O8. The molecule has 3 atom stereocenters. The van der Waals surface area contributed by atoms with Crippen LogP contribution >= 0.6 is 0 Å². The van der Waals surface area contributed by atoms with E-state index in [2.05, 4.69) is 20.9 Å². The molecule has 4 rings (SSSR count). The fourth-order valence-electron chi connectivity index (χ4n) is 3.78. The molecule has 1 saturated carbocycles. The van der Waals surface area contributed by atoms with E-state index < -0.39 is 36.4 Å². The summed E-state index contributed by atoms with van der Waals surface area (Å²) in [5, 5.41) is 21.4. The first-order chi connectivity index (χ1) is 20.7. The number of carboxylic acid groups (broad SMARTS) is 3. The molecule has 252 valence electrons. The highest BCUT2D eigenvalue weighted by Gasteiger charge is 2.43. The van der Waals surface area contributed by atoms with E-state index in [1.165, 1.54) is 5.56 Å². The van der Waals surface area contributed by atoms with E-state index in [-0.39, 0.29) is 12.2 Å². The van der Waals surface area contributed by atoms with E-state index in [0.29, 0.717) is 12.6 Å². The van der Waals surface area contributed by atoms with Gasteiger partial charge in [0.15, 0.2) is 0 Å². The van der Waals surface area contributed by atoms with E-state index in [0.717, 1.165) is 38.1 Å². The van der Waals surface area contributed by atoms with Gasteiger partial charge in [-0.05, 0) is 42.2 Å². The number of halogens is 9. The molecule has 2 bridgehead atoms. The largest absolute Gasteiger partial charge is 0.490 e. The fourth-order valence-corrected chi connectivity index (χ4v) is 3.78. The molecule has 0 aromatic carbocycles. The lowest BCUT2D eigenvalue weighted by Crippen LogP contribution is -2.42. The van der Waals surface area contributed by atoms with Gasteiger partial charge in [0.2, 0.25) is 0 Å². The van der Waals surface area contributed by atoms with E-state index >= 15 is 0 Å². The minimum Gasteiger partial charge on any atom is -0.475 e. The SMILES string of the molecule is O=C(O)C(F)(F)F.O=C(O)C(F)(F)F.O=C(O)C(F)(F)F.c1cncc(CN2CCOC3CCC2C3OCc2ccncc2)c1. The van der Waals surface area contributed by atoms with Crippen LogP contribution in [0.5, 0.6) is 0 Å². The molecule has 2 aromatic rings. The standard InChI is InChI=1S/C19H23N3O2.3C2HF3O2/c1-2-16(12-21-7-1)13-22-10-11-23-18-4-3-17(22)19(18)24-14-15-5-8-20-9-6-15;3*3-2(4,5)1(6)7/h1-2,5-9,12,17-19H,3-4,10-11,13-14H2;3*(H,6,7). The number of hydrogen-bond acceptors (Lipinski definition) is 8. The van der Waals surface area contributed by atoms with Crippen molar-refractivity contribution in [2.75, 3.05) is 13.2 Å². The summed E-state index contributed by atoms with van der Waals surface area (Å²) >= 11 is 0. The summed E-state index contributed by atoms with van der Waals surface area (Å²) in [6, 6.07) is 8.57. The Balaban J connectivity index is 0.000000396. The molecule has 3 unspecified atom stereocenters. The molecule has 2 fully saturated rings. The number of pyridine rings is 2. The van der Waals surface area contributed by atoms with Gasteiger partial charge in [0, 0.05) is 43.9 Å². The van der Waals surface area contributed by atoms with Crippen molar-refractivity contribution in [1.82, 2.24) is 14.9 Å². The van der Waals surface area contributed by atoms with Crippen molar-refractivity contribution in [3.05, 3.63) is 60.2 Å². The van der Waals surface area contributed by atoms with Crippen molar-refractivity contribution in [2.45, 2.75) is 62.8 Å². The van der Waals surface area contributed by atoms with E-state index in [9.17, 15) is 39.5 Å². The summed E-state index contributed by atoms with van der Waals surface area (Å²) < 4.78 is 108. The van der Waals surface area contributed by atoms with Gasteiger partial charge in [-0.3, -0.25) is 14.9 Å². The number of aliphatic carboxylic acids is 3. The predicted molar refractivity (Wildman–Crippen MR) is 131 cm³/mol. The topological polar surface area (TPSA) is 159 Å². The van der Waals surface area contributed by atoms with Gasteiger partial charge < -0.3 is 24.8 Å². The zero-order chi connectivity index (χ0) is 34.4. The van der Waals surface area contributed by atoms with Crippen LogP contribution in [-0.2, 0) is 37.0 Å². The number of carboxylic acids is 3. The van der Waals surface area contributed by atoms with Gasteiger partial charge in [-0.2, -0.15) is 39.5 Å². The van der Waals surface area contributed by atoms with Gasteiger partial charge in [0.25, 0.3) is 0 Å². The van der Waals surface area contributed by atoms with Crippen LogP contribution in [0, 0.1) is 0 Å². The molecule has 0 amide bonds. The van der Waals surface area contributed by atoms with Crippen LogP contribution in [0.25, 0.3) is 0 Å². The molecule has 1 aliphatic carbocycles. The van der Waals surface area contributed by atoms with Crippen molar-refractivity contribution < 1.29 is 78.7 Å². The predicted octanol–water partition coefficient (Wildman–Crippen LogP) is 4.33. The highest BCUT2D eigenvalue weighted by atomic mass is 19.4. The summed E-state index contributed by atoms with van der Waals surface area (Å²) in [4.78, 5) is 37.5. The molecule has 1 saturated heterocycles. The number of hydrogen-bond donors (Lipinski definition) is 3. The number of ether oxygens (including phenoxy) is 2. The number of aromatic nitrogens is 2. The number of fused-ring (bicyclic) bond motifs is 2. The first kappa shape index (κ1) is 39.0. The summed E-state index contributed by atoms with van der Waals surface area (Å²) in [5.41, 5.74) is 2.41.